The summed E-state index contributed by atoms with van der Waals surface area (Å²) in [6.45, 7) is 2.45. The normalized spacial score (nSPS) is 10.6. The van der Waals surface area contributed by atoms with E-state index in [1.807, 2.05) is 73.7 Å². The van der Waals surface area contributed by atoms with Crippen molar-refractivity contribution in [3.05, 3.63) is 164 Å². The van der Waals surface area contributed by atoms with Crippen LogP contribution in [0.3, 0.4) is 0 Å². The number of benzene rings is 6. The zero-order valence-electron chi connectivity index (χ0n) is 29.4. The van der Waals surface area contributed by atoms with Gasteiger partial charge in [-0.3, -0.25) is 10.1 Å². The molecule has 0 saturated carbocycles. The highest BCUT2D eigenvalue weighted by Gasteiger charge is 2.16. The van der Waals surface area contributed by atoms with Crippen LogP contribution in [0, 0.1) is 17.0 Å². The second kappa shape index (κ2) is 18.9. The molecule has 0 saturated heterocycles. The minimum atomic E-state index is -1.24. The van der Waals surface area contributed by atoms with Crippen LogP contribution in [0.25, 0.3) is 0 Å². The second-order valence-electron chi connectivity index (χ2n) is 12.1. The molecular formula is C41H37ClN4O7S2. The average Bonchev–Trinajstić information content (AvgIpc) is 3.17. The summed E-state index contributed by atoms with van der Waals surface area (Å²) in [6, 6.07) is 35.6. The number of para-hydroxylation sites is 2. The number of carboxylic acid groups (broad SMARTS) is 1. The fourth-order valence-electron chi connectivity index (χ4n) is 5.22. The van der Waals surface area contributed by atoms with E-state index in [0.717, 1.165) is 30.7 Å². The first-order chi connectivity index (χ1) is 26.4. The zero-order chi connectivity index (χ0) is 39.5. The molecule has 282 valence electrons. The number of aryl methyl sites for hydroxylation is 1. The molecule has 0 atom stereocenters. The van der Waals surface area contributed by atoms with Gasteiger partial charge in [-0.2, -0.15) is 0 Å². The maximum Gasteiger partial charge on any atom is 0.339 e. The van der Waals surface area contributed by atoms with Gasteiger partial charge in [0.1, 0.15) is 11.3 Å². The van der Waals surface area contributed by atoms with Gasteiger partial charge in [0, 0.05) is 61.1 Å². The number of aromatic hydroxyl groups is 2. The number of rotatable bonds is 13. The monoisotopic (exact) mass is 796 g/mol. The van der Waals surface area contributed by atoms with Gasteiger partial charge in [-0.05, 0) is 96.9 Å². The summed E-state index contributed by atoms with van der Waals surface area (Å²) in [5.74, 6) is -1.55. The third kappa shape index (κ3) is 11.1. The summed E-state index contributed by atoms with van der Waals surface area (Å²) < 4.78 is 0. The molecule has 14 heteroatoms. The Morgan fingerprint density at radius 2 is 1.29 bits per heavy atom. The highest BCUT2D eigenvalue weighted by atomic mass is 35.5. The average molecular weight is 797 g/mol. The number of hydrogen-bond acceptors (Lipinski definition) is 11. The Morgan fingerprint density at radius 3 is 1.87 bits per heavy atom. The summed E-state index contributed by atoms with van der Waals surface area (Å²) in [7, 11) is 0. The van der Waals surface area contributed by atoms with E-state index in [4.69, 9.17) is 22.4 Å². The van der Waals surface area contributed by atoms with Crippen molar-refractivity contribution in [2.75, 3.05) is 16.4 Å². The van der Waals surface area contributed by atoms with Crippen molar-refractivity contribution >= 4 is 63.8 Å². The van der Waals surface area contributed by atoms with E-state index >= 15 is 0 Å². The molecule has 0 fully saturated rings. The lowest BCUT2D eigenvalue weighted by atomic mass is 10.1. The number of nitro groups is 1. The molecule has 0 amide bonds. The standard InChI is InChI=1S/C21H18N2O5S.C20H19ClN2O2S/c1-13-5-8-16(9-6-13)29-19-10-7-15(23(27)28)11-14(19)12-22-18-4-2-3-17(20(18)24)21(25)26;21-15-4-7-17(8-5-15)26-19-9-6-16(22)10-14(19)11-23-18-3-1-2-13(12-24)20(18)25/h2-11,22,24H,12H2,1H3,(H,25,26);1-10,23-25H,11-12,22H2. The molecule has 8 N–H and O–H groups in total. The van der Waals surface area contributed by atoms with Crippen molar-refractivity contribution in [1.82, 2.24) is 0 Å². The van der Waals surface area contributed by atoms with Gasteiger partial charge in [0.15, 0.2) is 5.75 Å². The summed E-state index contributed by atoms with van der Waals surface area (Å²) in [5, 5.41) is 56.8. The molecule has 0 aliphatic heterocycles. The van der Waals surface area contributed by atoms with Gasteiger partial charge >= 0.3 is 5.97 Å². The SMILES string of the molecule is Cc1ccc(Sc2ccc([N+](=O)[O-])cc2CNc2cccc(C(=O)O)c2O)cc1.Nc1ccc(Sc2ccc(Cl)cc2)c(CNc2cccc(CO)c2O)c1. The van der Waals surface area contributed by atoms with Crippen LogP contribution in [0.1, 0.15) is 32.6 Å². The van der Waals surface area contributed by atoms with Crippen LogP contribution >= 0.6 is 35.1 Å². The lowest BCUT2D eigenvalue weighted by Crippen LogP contribution is -2.04. The third-order valence-electron chi connectivity index (χ3n) is 8.12. The Morgan fingerprint density at radius 1 is 0.745 bits per heavy atom. The van der Waals surface area contributed by atoms with Crippen LogP contribution in [0.5, 0.6) is 11.5 Å². The molecule has 0 aliphatic rings. The van der Waals surface area contributed by atoms with Crippen molar-refractivity contribution in [2.45, 2.75) is 46.2 Å². The first-order valence-corrected chi connectivity index (χ1v) is 18.7. The van der Waals surface area contributed by atoms with Crippen LogP contribution in [0.15, 0.2) is 141 Å². The Bertz CT molecular complexity index is 2290. The topological polar surface area (TPSA) is 191 Å². The number of anilines is 3. The molecule has 6 aromatic rings. The quantitative estimate of drug-likeness (QED) is 0.0254. The molecule has 0 radical (unpaired) electrons. The lowest BCUT2D eigenvalue weighted by Gasteiger charge is -2.14. The van der Waals surface area contributed by atoms with Gasteiger partial charge in [-0.1, -0.05) is 71.0 Å². The lowest BCUT2D eigenvalue weighted by molar-refractivity contribution is -0.385. The summed E-state index contributed by atoms with van der Waals surface area (Å²) in [6.07, 6.45) is 0. The second-order valence-corrected chi connectivity index (χ2v) is 14.7. The molecule has 0 heterocycles. The molecule has 0 unspecified atom stereocenters. The van der Waals surface area contributed by atoms with E-state index in [-0.39, 0.29) is 41.6 Å². The molecular weight excluding hydrogens is 760 g/mol. The Labute approximate surface area is 331 Å². The summed E-state index contributed by atoms with van der Waals surface area (Å²) in [5.41, 5.74) is 10.5. The molecule has 6 aromatic carbocycles. The fourth-order valence-corrected chi connectivity index (χ4v) is 7.19. The number of aliphatic hydroxyl groups is 1. The minimum absolute atomic E-state index is 0.0430. The van der Waals surface area contributed by atoms with Crippen molar-refractivity contribution in [3.63, 3.8) is 0 Å². The summed E-state index contributed by atoms with van der Waals surface area (Å²) >= 11 is 9.04. The van der Waals surface area contributed by atoms with Gasteiger partial charge < -0.3 is 36.8 Å². The van der Waals surface area contributed by atoms with Crippen LogP contribution in [-0.4, -0.2) is 31.3 Å². The van der Waals surface area contributed by atoms with Gasteiger partial charge in [-0.25, -0.2) is 4.79 Å². The number of nitrogens with two attached hydrogens (primary N) is 1. The third-order valence-corrected chi connectivity index (χ3v) is 10.6. The molecule has 11 nitrogen and oxygen atoms in total. The van der Waals surface area contributed by atoms with Gasteiger partial charge in [0.25, 0.3) is 5.69 Å². The van der Waals surface area contributed by atoms with Crippen molar-refractivity contribution in [2.24, 2.45) is 0 Å². The molecule has 6 rings (SSSR count). The largest absolute Gasteiger partial charge is 0.505 e. The highest BCUT2D eigenvalue weighted by molar-refractivity contribution is 7.99. The molecule has 0 aromatic heterocycles. The number of halogens is 1. The number of carbonyl (C=O) groups is 1. The van der Waals surface area contributed by atoms with Crippen LogP contribution in [-0.2, 0) is 19.7 Å². The number of phenols is 2. The maximum absolute atomic E-state index is 11.2. The van der Waals surface area contributed by atoms with Gasteiger partial charge in [-0.15, -0.1) is 0 Å². The summed E-state index contributed by atoms with van der Waals surface area (Å²) in [4.78, 5) is 25.8. The number of non-ortho nitro benzene ring substituents is 1. The van der Waals surface area contributed by atoms with Crippen molar-refractivity contribution < 1.29 is 30.1 Å². The number of hydrogen-bond donors (Lipinski definition) is 7. The first-order valence-electron chi connectivity index (χ1n) is 16.7. The van der Waals surface area contributed by atoms with Crippen molar-refractivity contribution in [1.29, 1.82) is 0 Å². The van der Waals surface area contributed by atoms with E-state index in [2.05, 4.69) is 10.6 Å². The van der Waals surface area contributed by atoms with Gasteiger partial charge in [0.2, 0.25) is 0 Å². The number of aliphatic hydroxyl groups excluding tert-OH is 1. The number of nitrogen functional groups attached to an aromatic ring is 1. The van der Waals surface area contributed by atoms with Crippen LogP contribution in [0.2, 0.25) is 5.02 Å². The zero-order valence-corrected chi connectivity index (χ0v) is 31.8. The number of nitrogens with zero attached hydrogens (tertiary/aromatic N) is 1. The predicted octanol–water partition coefficient (Wildman–Crippen LogP) is 9.95. The van der Waals surface area contributed by atoms with Gasteiger partial charge in [0.05, 0.1) is 22.9 Å². The highest BCUT2D eigenvalue weighted by Crippen LogP contribution is 2.36. The molecule has 55 heavy (non-hydrogen) atoms. The van der Waals surface area contributed by atoms with Crippen molar-refractivity contribution in [3.8, 4) is 11.5 Å². The Kier molecular flexibility index (Phi) is 13.9. The predicted molar refractivity (Wildman–Crippen MR) is 219 cm³/mol. The fraction of sp³-hybridized carbons (Fsp3) is 0.0976. The maximum atomic E-state index is 11.2. The molecule has 0 spiro atoms. The number of carboxylic acids is 1. The van der Waals surface area contributed by atoms with E-state index in [0.29, 0.717) is 34.1 Å². The number of nitrogens with one attached hydrogen (secondary N) is 2. The Balaban J connectivity index is 0.000000212. The van der Waals surface area contributed by atoms with E-state index in [1.165, 1.54) is 36.0 Å². The molecule has 0 aliphatic carbocycles. The van der Waals surface area contributed by atoms with E-state index in [9.17, 15) is 30.2 Å². The van der Waals surface area contributed by atoms with Crippen LogP contribution in [0.4, 0.5) is 22.7 Å². The van der Waals surface area contributed by atoms with E-state index in [1.54, 1.807) is 42.1 Å². The number of nitro benzene ring substituents is 1. The van der Waals surface area contributed by atoms with E-state index < -0.39 is 10.9 Å². The minimum Gasteiger partial charge on any atom is -0.505 e. The smallest absolute Gasteiger partial charge is 0.339 e. The van der Waals surface area contributed by atoms with Crippen LogP contribution < -0.4 is 16.4 Å². The molecule has 0 bridgehead atoms. The first kappa shape index (κ1) is 40.3. The number of aromatic carboxylic acids is 1. The Hall–Kier alpha value is -5.86.